The Bertz CT molecular complexity index is 517. The van der Waals surface area contributed by atoms with Gasteiger partial charge >= 0.3 is 5.97 Å². The molecule has 3 atom stereocenters. The fourth-order valence-corrected chi connectivity index (χ4v) is 3.22. The molecular weight excluding hydrogens is 256 g/mol. The first kappa shape index (κ1) is 13.1. The molecule has 2 aliphatic heterocycles. The number of carboxylic acid groups (broad SMARTS) is 1. The van der Waals surface area contributed by atoms with Crippen molar-refractivity contribution in [2.75, 3.05) is 13.1 Å². The molecule has 3 rings (SSSR count). The summed E-state index contributed by atoms with van der Waals surface area (Å²) in [4.78, 5) is 25.3. The van der Waals surface area contributed by atoms with Crippen LogP contribution in [0.1, 0.15) is 23.2 Å². The lowest BCUT2D eigenvalue weighted by Gasteiger charge is -2.34. The monoisotopic (exact) mass is 274 g/mol. The van der Waals surface area contributed by atoms with E-state index in [9.17, 15) is 9.59 Å². The average molecular weight is 274 g/mol. The highest BCUT2D eigenvalue weighted by Crippen LogP contribution is 2.29. The van der Waals surface area contributed by atoms with Gasteiger partial charge in [0.15, 0.2) is 0 Å². The van der Waals surface area contributed by atoms with Crippen molar-refractivity contribution in [3.63, 3.8) is 0 Å². The molecule has 5 nitrogen and oxygen atoms in total. The second kappa shape index (κ2) is 5.25. The third-order valence-corrected chi connectivity index (χ3v) is 4.32. The molecule has 2 N–H and O–H groups in total. The highest BCUT2D eigenvalue weighted by molar-refractivity contribution is 5.94. The SMILES string of the molecule is O=C(O)[C@@H]1C[C@@H]2CCN(C(=O)c3ccccc3)C[C@@H]2N1. The summed E-state index contributed by atoms with van der Waals surface area (Å²) in [7, 11) is 0. The fourth-order valence-electron chi connectivity index (χ4n) is 3.22. The van der Waals surface area contributed by atoms with Gasteiger partial charge in [-0.3, -0.25) is 14.9 Å². The fraction of sp³-hybridized carbons (Fsp3) is 0.467. The van der Waals surface area contributed by atoms with Crippen LogP contribution in [0.25, 0.3) is 0 Å². The number of carbonyl (C=O) groups is 2. The Morgan fingerprint density at radius 2 is 2.00 bits per heavy atom. The van der Waals surface area contributed by atoms with Crippen LogP contribution in [-0.4, -0.2) is 47.1 Å². The molecule has 20 heavy (non-hydrogen) atoms. The van der Waals surface area contributed by atoms with Gasteiger partial charge in [0.25, 0.3) is 5.91 Å². The van der Waals surface area contributed by atoms with Crippen LogP contribution in [0.5, 0.6) is 0 Å². The lowest BCUT2D eigenvalue weighted by atomic mass is 9.91. The van der Waals surface area contributed by atoms with Crippen LogP contribution in [0.15, 0.2) is 30.3 Å². The van der Waals surface area contributed by atoms with Gasteiger partial charge in [0.1, 0.15) is 6.04 Å². The maximum Gasteiger partial charge on any atom is 0.320 e. The Morgan fingerprint density at radius 1 is 1.25 bits per heavy atom. The van der Waals surface area contributed by atoms with E-state index in [1.807, 2.05) is 35.2 Å². The predicted molar refractivity (Wildman–Crippen MR) is 73.4 cm³/mol. The number of nitrogens with one attached hydrogen (secondary N) is 1. The van der Waals surface area contributed by atoms with Crippen molar-refractivity contribution in [2.24, 2.45) is 5.92 Å². The lowest BCUT2D eigenvalue weighted by molar-refractivity contribution is -0.139. The quantitative estimate of drug-likeness (QED) is 0.843. The van der Waals surface area contributed by atoms with E-state index in [0.29, 0.717) is 31.0 Å². The zero-order valence-electron chi connectivity index (χ0n) is 11.2. The van der Waals surface area contributed by atoms with E-state index in [0.717, 1.165) is 6.42 Å². The van der Waals surface area contributed by atoms with E-state index >= 15 is 0 Å². The summed E-state index contributed by atoms with van der Waals surface area (Å²) >= 11 is 0. The number of likely N-dealkylation sites (tertiary alicyclic amines) is 1. The van der Waals surface area contributed by atoms with Gasteiger partial charge in [0.05, 0.1) is 0 Å². The number of carboxylic acids is 1. The number of aliphatic carboxylic acids is 1. The van der Waals surface area contributed by atoms with Crippen LogP contribution in [0.4, 0.5) is 0 Å². The smallest absolute Gasteiger partial charge is 0.320 e. The molecule has 1 amide bonds. The largest absolute Gasteiger partial charge is 0.480 e. The molecule has 2 fully saturated rings. The minimum atomic E-state index is -0.791. The Balaban J connectivity index is 1.67. The third-order valence-electron chi connectivity index (χ3n) is 4.32. The summed E-state index contributed by atoms with van der Waals surface area (Å²) in [6, 6.07) is 8.88. The minimum absolute atomic E-state index is 0.0321. The summed E-state index contributed by atoms with van der Waals surface area (Å²) in [5, 5.41) is 12.2. The van der Waals surface area contributed by atoms with Crippen molar-refractivity contribution >= 4 is 11.9 Å². The number of fused-ring (bicyclic) bond motifs is 1. The van der Waals surface area contributed by atoms with Crippen molar-refractivity contribution < 1.29 is 14.7 Å². The minimum Gasteiger partial charge on any atom is -0.480 e. The van der Waals surface area contributed by atoms with Gasteiger partial charge in [0, 0.05) is 24.7 Å². The molecule has 2 saturated heterocycles. The number of carbonyl (C=O) groups excluding carboxylic acids is 1. The maximum absolute atomic E-state index is 12.4. The van der Waals surface area contributed by atoms with Crippen molar-refractivity contribution in [2.45, 2.75) is 24.9 Å². The molecule has 5 heteroatoms. The number of benzene rings is 1. The Labute approximate surface area is 117 Å². The molecule has 0 saturated carbocycles. The van der Waals surface area contributed by atoms with E-state index in [2.05, 4.69) is 5.32 Å². The molecule has 2 aliphatic rings. The van der Waals surface area contributed by atoms with Crippen LogP contribution in [-0.2, 0) is 4.79 Å². The summed E-state index contributed by atoms with van der Waals surface area (Å²) in [5.74, 6) is -0.388. The first-order valence-corrected chi connectivity index (χ1v) is 6.98. The molecule has 0 unspecified atom stereocenters. The zero-order chi connectivity index (χ0) is 14.1. The standard InChI is InChI=1S/C15H18N2O3/c18-14(10-4-2-1-3-5-10)17-7-6-11-8-12(15(19)20)16-13(11)9-17/h1-5,11-13,16H,6-9H2,(H,19,20)/t11-,12-,13-/m0/s1. The number of piperidine rings is 1. The molecular formula is C15H18N2O3. The van der Waals surface area contributed by atoms with Crippen LogP contribution in [0.2, 0.25) is 0 Å². The second-order valence-electron chi connectivity index (χ2n) is 5.57. The second-order valence-corrected chi connectivity index (χ2v) is 5.57. The van der Waals surface area contributed by atoms with Gasteiger partial charge in [-0.05, 0) is 30.9 Å². The molecule has 0 aliphatic carbocycles. The normalized spacial score (nSPS) is 29.0. The molecule has 0 spiro atoms. The van der Waals surface area contributed by atoms with Gasteiger partial charge in [-0.1, -0.05) is 18.2 Å². The molecule has 0 radical (unpaired) electrons. The Kier molecular flexibility index (Phi) is 3.44. The van der Waals surface area contributed by atoms with Gasteiger partial charge in [-0.2, -0.15) is 0 Å². The summed E-state index contributed by atoms with van der Waals surface area (Å²) in [5.41, 5.74) is 0.693. The number of hydrogen-bond donors (Lipinski definition) is 2. The molecule has 1 aromatic carbocycles. The third kappa shape index (κ3) is 2.41. The first-order valence-electron chi connectivity index (χ1n) is 6.98. The zero-order valence-corrected chi connectivity index (χ0v) is 11.2. The van der Waals surface area contributed by atoms with Crippen LogP contribution >= 0.6 is 0 Å². The highest BCUT2D eigenvalue weighted by Gasteiger charge is 2.41. The van der Waals surface area contributed by atoms with Crippen molar-refractivity contribution in [1.82, 2.24) is 10.2 Å². The number of nitrogens with zero attached hydrogens (tertiary/aromatic N) is 1. The van der Waals surface area contributed by atoms with E-state index in [1.165, 1.54) is 0 Å². The summed E-state index contributed by atoms with van der Waals surface area (Å²) in [6.07, 6.45) is 1.55. The van der Waals surface area contributed by atoms with Gasteiger partial charge in [-0.25, -0.2) is 0 Å². The Morgan fingerprint density at radius 3 is 2.70 bits per heavy atom. The maximum atomic E-state index is 12.4. The van der Waals surface area contributed by atoms with Crippen molar-refractivity contribution in [1.29, 1.82) is 0 Å². The van der Waals surface area contributed by atoms with Crippen LogP contribution < -0.4 is 5.32 Å². The van der Waals surface area contributed by atoms with E-state index in [4.69, 9.17) is 5.11 Å². The van der Waals surface area contributed by atoms with E-state index in [-0.39, 0.29) is 11.9 Å². The molecule has 0 aromatic heterocycles. The number of amides is 1. The predicted octanol–water partition coefficient (Wildman–Crippen LogP) is 0.964. The van der Waals surface area contributed by atoms with E-state index < -0.39 is 12.0 Å². The van der Waals surface area contributed by atoms with Crippen molar-refractivity contribution in [3.8, 4) is 0 Å². The van der Waals surface area contributed by atoms with E-state index in [1.54, 1.807) is 0 Å². The summed E-state index contributed by atoms with van der Waals surface area (Å²) < 4.78 is 0. The average Bonchev–Trinajstić information content (AvgIpc) is 2.90. The Hall–Kier alpha value is -1.88. The molecule has 106 valence electrons. The van der Waals surface area contributed by atoms with Gasteiger partial charge in [-0.15, -0.1) is 0 Å². The van der Waals surface area contributed by atoms with Gasteiger partial charge in [0.2, 0.25) is 0 Å². The molecule has 1 aromatic rings. The number of rotatable bonds is 2. The first-order chi connectivity index (χ1) is 9.65. The summed E-state index contributed by atoms with van der Waals surface area (Å²) in [6.45, 7) is 1.31. The number of hydrogen-bond acceptors (Lipinski definition) is 3. The molecule has 2 heterocycles. The van der Waals surface area contributed by atoms with Crippen LogP contribution in [0.3, 0.4) is 0 Å². The van der Waals surface area contributed by atoms with Crippen molar-refractivity contribution in [3.05, 3.63) is 35.9 Å². The van der Waals surface area contributed by atoms with Crippen LogP contribution in [0, 0.1) is 5.92 Å². The highest BCUT2D eigenvalue weighted by atomic mass is 16.4. The lowest BCUT2D eigenvalue weighted by Crippen LogP contribution is -2.50. The molecule has 0 bridgehead atoms. The van der Waals surface area contributed by atoms with Gasteiger partial charge < -0.3 is 10.0 Å². The topological polar surface area (TPSA) is 69.6 Å².